The van der Waals surface area contributed by atoms with E-state index in [0.717, 1.165) is 16.7 Å². The van der Waals surface area contributed by atoms with Crippen molar-refractivity contribution in [3.63, 3.8) is 0 Å². The molecule has 1 aromatic carbocycles. The van der Waals surface area contributed by atoms with Crippen LogP contribution in [-0.4, -0.2) is 21.1 Å². The molecule has 4 rings (SSSR count). The van der Waals surface area contributed by atoms with Gasteiger partial charge in [-0.1, -0.05) is 17.2 Å². The van der Waals surface area contributed by atoms with E-state index < -0.39 is 0 Å². The zero-order valence-corrected chi connectivity index (χ0v) is 13.7. The maximum Gasteiger partial charge on any atom is 0.322 e. The third-order valence-corrected chi connectivity index (χ3v) is 4.24. The number of hydrogen-bond donors (Lipinski definition) is 1. The minimum absolute atomic E-state index is 0.0535. The molecule has 0 aliphatic carbocycles. The van der Waals surface area contributed by atoms with Crippen LogP contribution in [0.15, 0.2) is 70.0 Å². The summed E-state index contributed by atoms with van der Waals surface area (Å²) in [6.45, 7) is 0. The van der Waals surface area contributed by atoms with Crippen molar-refractivity contribution in [1.29, 1.82) is 0 Å². The molecule has 25 heavy (non-hydrogen) atoms. The van der Waals surface area contributed by atoms with Gasteiger partial charge in [0.25, 0.3) is 5.91 Å². The Morgan fingerprint density at radius 3 is 2.64 bits per heavy atom. The SMILES string of the molecule is O=C(Nc1nnc(-c2cccc(-c3ccsc3)c2)o1)c1ccncc1. The molecule has 0 unspecified atom stereocenters. The van der Waals surface area contributed by atoms with Gasteiger partial charge in [0.2, 0.25) is 5.89 Å². The van der Waals surface area contributed by atoms with Crippen molar-refractivity contribution < 1.29 is 9.21 Å². The van der Waals surface area contributed by atoms with E-state index in [-0.39, 0.29) is 11.9 Å². The van der Waals surface area contributed by atoms with Gasteiger partial charge in [-0.2, -0.15) is 11.3 Å². The van der Waals surface area contributed by atoms with Crippen LogP contribution in [0.4, 0.5) is 6.01 Å². The van der Waals surface area contributed by atoms with Gasteiger partial charge < -0.3 is 4.42 Å². The number of aromatic nitrogens is 3. The van der Waals surface area contributed by atoms with Crippen molar-refractivity contribution in [1.82, 2.24) is 15.2 Å². The zero-order valence-electron chi connectivity index (χ0n) is 12.9. The third-order valence-electron chi connectivity index (χ3n) is 3.55. The van der Waals surface area contributed by atoms with Crippen molar-refractivity contribution in [3.8, 4) is 22.6 Å². The van der Waals surface area contributed by atoms with Gasteiger partial charge in [0.15, 0.2) is 0 Å². The highest BCUT2D eigenvalue weighted by molar-refractivity contribution is 7.08. The van der Waals surface area contributed by atoms with Gasteiger partial charge in [-0.3, -0.25) is 15.1 Å². The number of nitrogens with zero attached hydrogens (tertiary/aromatic N) is 3. The number of amides is 1. The average Bonchev–Trinajstić information content (AvgIpc) is 3.35. The number of carbonyl (C=O) groups excluding carboxylic acids is 1. The first-order valence-corrected chi connectivity index (χ1v) is 8.42. The van der Waals surface area contributed by atoms with Crippen LogP contribution in [0.5, 0.6) is 0 Å². The lowest BCUT2D eigenvalue weighted by molar-refractivity contribution is 0.102. The van der Waals surface area contributed by atoms with E-state index in [1.165, 1.54) is 0 Å². The van der Waals surface area contributed by atoms with E-state index in [1.54, 1.807) is 35.9 Å². The largest absolute Gasteiger partial charge is 0.403 e. The Morgan fingerprint density at radius 1 is 1.00 bits per heavy atom. The van der Waals surface area contributed by atoms with E-state index in [2.05, 4.69) is 31.9 Å². The fraction of sp³-hybridized carbons (Fsp3) is 0. The monoisotopic (exact) mass is 348 g/mol. The van der Waals surface area contributed by atoms with Gasteiger partial charge in [-0.25, -0.2) is 0 Å². The van der Waals surface area contributed by atoms with Crippen LogP contribution < -0.4 is 5.32 Å². The van der Waals surface area contributed by atoms with E-state index >= 15 is 0 Å². The number of thiophene rings is 1. The maximum atomic E-state index is 12.1. The van der Waals surface area contributed by atoms with Crippen molar-refractivity contribution >= 4 is 23.3 Å². The molecule has 6 nitrogen and oxygen atoms in total. The normalized spacial score (nSPS) is 10.6. The second-order valence-electron chi connectivity index (χ2n) is 5.20. The minimum atomic E-state index is -0.329. The molecule has 4 aromatic rings. The fourth-order valence-corrected chi connectivity index (χ4v) is 2.99. The molecule has 0 atom stereocenters. The van der Waals surface area contributed by atoms with Gasteiger partial charge >= 0.3 is 6.01 Å². The fourth-order valence-electron chi connectivity index (χ4n) is 2.32. The van der Waals surface area contributed by atoms with Gasteiger partial charge in [0.05, 0.1) is 0 Å². The van der Waals surface area contributed by atoms with E-state index in [4.69, 9.17) is 4.42 Å². The number of rotatable bonds is 4. The molecule has 1 N–H and O–H groups in total. The van der Waals surface area contributed by atoms with E-state index in [1.807, 2.05) is 29.6 Å². The molecule has 1 amide bonds. The van der Waals surface area contributed by atoms with Crippen LogP contribution >= 0.6 is 11.3 Å². The number of hydrogen-bond acceptors (Lipinski definition) is 6. The Bertz CT molecular complexity index is 997. The lowest BCUT2D eigenvalue weighted by Gasteiger charge is -2.01. The van der Waals surface area contributed by atoms with Gasteiger partial charge in [-0.05, 0) is 52.2 Å². The highest BCUT2D eigenvalue weighted by Crippen LogP contribution is 2.27. The lowest BCUT2D eigenvalue weighted by Crippen LogP contribution is -2.11. The van der Waals surface area contributed by atoms with E-state index in [0.29, 0.717) is 11.5 Å². The summed E-state index contributed by atoms with van der Waals surface area (Å²) in [4.78, 5) is 16.0. The summed E-state index contributed by atoms with van der Waals surface area (Å²) in [7, 11) is 0. The Morgan fingerprint density at radius 2 is 1.84 bits per heavy atom. The highest BCUT2D eigenvalue weighted by Gasteiger charge is 2.13. The summed E-state index contributed by atoms with van der Waals surface area (Å²) < 4.78 is 5.57. The lowest BCUT2D eigenvalue weighted by atomic mass is 10.1. The Balaban J connectivity index is 1.55. The van der Waals surface area contributed by atoms with Crippen molar-refractivity contribution in [2.45, 2.75) is 0 Å². The second kappa shape index (κ2) is 6.66. The molecule has 0 radical (unpaired) electrons. The second-order valence-corrected chi connectivity index (χ2v) is 5.98. The number of anilines is 1. The number of nitrogens with one attached hydrogen (secondary N) is 1. The molecule has 7 heteroatoms. The average molecular weight is 348 g/mol. The molecule has 3 heterocycles. The summed E-state index contributed by atoms with van der Waals surface area (Å²) in [6.07, 6.45) is 3.09. The molecule has 0 saturated heterocycles. The minimum Gasteiger partial charge on any atom is -0.403 e. The maximum absolute atomic E-state index is 12.1. The quantitative estimate of drug-likeness (QED) is 0.600. The summed E-state index contributed by atoms with van der Waals surface area (Å²) in [5.41, 5.74) is 3.46. The van der Waals surface area contributed by atoms with Crippen molar-refractivity contribution in [3.05, 3.63) is 71.2 Å². The highest BCUT2D eigenvalue weighted by atomic mass is 32.1. The van der Waals surface area contributed by atoms with Gasteiger partial charge in [0.1, 0.15) is 0 Å². The number of carbonyl (C=O) groups is 1. The van der Waals surface area contributed by atoms with Crippen LogP contribution in [0.25, 0.3) is 22.6 Å². The third kappa shape index (κ3) is 3.31. The van der Waals surface area contributed by atoms with Gasteiger partial charge in [-0.15, -0.1) is 5.10 Å². The summed E-state index contributed by atoms with van der Waals surface area (Å²) in [5, 5.41) is 14.6. The van der Waals surface area contributed by atoms with Crippen LogP contribution in [0.3, 0.4) is 0 Å². The number of benzene rings is 1. The van der Waals surface area contributed by atoms with Crippen molar-refractivity contribution in [2.75, 3.05) is 5.32 Å². The van der Waals surface area contributed by atoms with Gasteiger partial charge in [0, 0.05) is 23.5 Å². The molecule has 0 bridgehead atoms. The Hall–Kier alpha value is -3.32. The first kappa shape index (κ1) is 15.2. The first-order chi connectivity index (χ1) is 12.3. The van der Waals surface area contributed by atoms with E-state index in [9.17, 15) is 4.79 Å². The summed E-state index contributed by atoms with van der Waals surface area (Å²) >= 11 is 1.64. The molecule has 0 aliphatic heterocycles. The van der Waals surface area contributed by atoms with Crippen LogP contribution in [0.2, 0.25) is 0 Å². The Labute approximate surface area is 147 Å². The van der Waals surface area contributed by atoms with Crippen LogP contribution in [0.1, 0.15) is 10.4 Å². The summed E-state index contributed by atoms with van der Waals surface area (Å²) in [5.74, 6) is 0.0201. The molecular weight excluding hydrogens is 336 g/mol. The predicted octanol–water partition coefficient (Wildman–Crippen LogP) is 4.11. The summed E-state index contributed by atoms with van der Waals surface area (Å²) in [6, 6.07) is 13.1. The molecule has 122 valence electrons. The zero-order chi connectivity index (χ0) is 17.1. The molecular formula is C18H12N4O2S. The smallest absolute Gasteiger partial charge is 0.322 e. The molecule has 0 aliphatic rings. The Kier molecular flexibility index (Phi) is 4.05. The van der Waals surface area contributed by atoms with Crippen LogP contribution in [-0.2, 0) is 0 Å². The van der Waals surface area contributed by atoms with Crippen LogP contribution in [0, 0.1) is 0 Å². The predicted molar refractivity (Wildman–Crippen MR) is 95.2 cm³/mol. The standard InChI is InChI=1S/C18H12N4O2S/c23-16(12-4-7-19-8-5-12)20-18-22-21-17(24-18)14-3-1-2-13(10-14)15-6-9-25-11-15/h1-11H,(H,20,22,23). The topological polar surface area (TPSA) is 80.9 Å². The molecule has 3 aromatic heterocycles. The molecule has 0 fully saturated rings. The first-order valence-electron chi connectivity index (χ1n) is 7.47. The number of pyridine rings is 1. The molecule has 0 saturated carbocycles. The molecule has 0 spiro atoms. The van der Waals surface area contributed by atoms with Crippen molar-refractivity contribution in [2.24, 2.45) is 0 Å².